The zero-order chi connectivity index (χ0) is 24.4. The van der Waals surface area contributed by atoms with Crippen molar-refractivity contribution in [1.29, 1.82) is 0 Å². The molecule has 1 unspecified atom stereocenters. The number of ether oxygens (including phenoxy) is 1. The van der Waals surface area contributed by atoms with E-state index in [0.29, 0.717) is 5.96 Å². The van der Waals surface area contributed by atoms with Gasteiger partial charge in [-0.3, -0.25) is 4.99 Å². The highest BCUT2D eigenvalue weighted by atomic mass is 79.9. The summed E-state index contributed by atoms with van der Waals surface area (Å²) < 4.78 is 6.15. The third-order valence-electron chi connectivity index (χ3n) is 4.65. The van der Waals surface area contributed by atoms with Crippen molar-refractivity contribution in [3.8, 4) is 0 Å². The Hall–Kier alpha value is -2.79. The van der Waals surface area contributed by atoms with E-state index in [2.05, 4.69) is 83.1 Å². The Labute approximate surface area is 203 Å². The van der Waals surface area contributed by atoms with E-state index in [-0.39, 0.29) is 5.92 Å². The van der Waals surface area contributed by atoms with Crippen LogP contribution < -0.4 is 11.1 Å². The predicted octanol–water partition coefficient (Wildman–Crippen LogP) is 7.01. The number of nitrogens with two attached hydrogens (primary N) is 1. The molecule has 0 aromatic carbocycles. The van der Waals surface area contributed by atoms with Gasteiger partial charge in [-0.05, 0) is 67.0 Å². The molecule has 0 saturated heterocycles. The van der Waals surface area contributed by atoms with E-state index in [1.807, 2.05) is 38.3 Å². The van der Waals surface area contributed by atoms with Gasteiger partial charge in [-0.15, -0.1) is 0 Å². The number of halogens is 1. The van der Waals surface area contributed by atoms with Gasteiger partial charge in [0.15, 0.2) is 5.96 Å². The molecule has 1 atom stereocenters. The maximum atomic E-state index is 5.80. The molecule has 0 saturated carbocycles. The fraction of sp³-hybridized carbons (Fsp3) is 0.296. The molecule has 0 heterocycles. The Balaban J connectivity index is 6.03. The molecule has 0 bridgehead atoms. The summed E-state index contributed by atoms with van der Waals surface area (Å²) in [5.41, 5.74) is 10.4. The summed E-state index contributed by atoms with van der Waals surface area (Å²) in [6.45, 7) is 12.0. The molecule has 4 nitrogen and oxygen atoms in total. The van der Waals surface area contributed by atoms with Crippen LogP contribution in [0.3, 0.4) is 0 Å². The first kappa shape index (κ1) is 29.2. The first-order valence-electron chi connectivity index (χ1n) is 10.5. The summed E-state index contributed by atoms with van der Waals surface area (Å²) in [4.78, 5) is 3.95. The molecule has 5 heteroatoms. The van der Waals surface area contributed by atoms with Crippen molar-refractivity contribution >= 4 is 21.9 Å². The molecule has 0 rings (SSSR count). The molecule has 0 aliphatic carbocycles. The summed E-state index contributed by atoms with van der Waals surface area (Å²) in [7, 11) is 3.29. The van der Waals surface area contributed by atoms with E-state index in [1.54, 1.807) is 26.5 Å². The van der Waals surface area contributed by atoms with Gasteiger partial charge in [-0.1, -0.05) is 77.2 Å². The topological polar surface area (TPSA) is 59.6 Å². The Bertz CT molecular complexity index is 861. The normalized spacial score (nSPS) is 16.3. The number of methoxy groups -OCH3 is 1. The van der Waals surface area contributed by atoms with Crippen LogP contribution in [-0.2, 0) is 4.74 Å². The Morgan fingerprint density at radius 3 is 2.44 bits per heavy atom. The average Bonchev–Trinajstić information content (AvgIpc) is 2.78. The van der Waals surface area contributed by atoms with Crippen LogP contribution in [0.4, 0.5) is 0 Å². The lowest BCUT2D eigenvalue weighted by atomic mass is 9.88. The summed E-state index contributed by atoms with van der Waals surface area (Å²) in [6, 6.07) is 0. The number of nitrogens with one attached hydrogen (secondary N) is 1. The molecule has 0 aliphatic heterocycles. The maximum Gasteiger partial charge on any atom is 0.192 e. The highest BCUT2D eigenvalue weighted by Gasteiger charge is 2.13. The second-order valence-corrected chi connectivity index (χ2v) is 8.15. The molecule has 0 radical (unpaired) electrons. The number of aliphatic imine (C=N–C) groups is 1. The van der Waals surface area contributed by atoms with Gasteiger partial charge in [0.05, 0.1) is 13.4 Å². The molecule has 0 spiro atoms. The van der Waals surface area contributed by atoms with Gasteiger partial charge in [-0.2, -0.15) is 0 Å². The number of guanidine groups is 1. The molecular weight excluding hydrogens is 462 g/mol. The minimum Gasteiger partial charge on any atom is -0.504 e. The minimum absolute atomic E-state index is 0.149. The summed E-state index contributed by atoms with van der Waals surface area (Å²) in [6.07, 6.45) is 24.7. The van der Waals surface area contributed by atoms with E-state index in [0.717, 1.165) is 27.6 Å². The van der Waals surface area contributed by atoms with Crippen LogP contribution in [0.5, 0.6) is 0 Å². The number of rotatable bonds is 12. The van der Waals surface area contributed by atoms with Crippen LogP contribution in [0, 0.1) is 5.92 Å². The molecular formula is C27H38BrN3O. The Morgan fingerprint density at radius 2 is 1.88 bits per heavy atom. The quantitative estimate of drug-likeness (QED) is 0.131. The third-order valence-corrected chi connectivity index (χ3v) is 5.24. The van der Waals surface area contributed by atoms with E-state index in [1.165, 1.54) is 5.57 Å². The molecule has 0 fully saturated rings. The number of nitrogens with zero attached hydrogens (tertiary/aromatic N) is 1. The van der Waals surface area contributed by atoms with Crippen LogP contribution in [0.25, 0.3) is 0 Å². The standard InChI is InChI=1S/C27H38BrN3O/c1-8-10-15-24(22(4)23(5)28)16-11-12-18-26(21(3)20-31-27(29)30-6)25(14-9-2)17-13-19-32-7/h8-17,19-20,26H,1,18H2,2-7H3,(H3,29,30,31)/b12-11+,14-9-,15-10-,19-13+,21-20+,23-22+,24-16-,25-17+. The molecule has 174 valence electrons. The second kappa shape index (κ2) is 17.8. The van der Waals surface area contributed by atoms with Crippen molar-refractivity contribution in [1.82, 2.24) is 5.32 Å². The van der Waals surface area contributed by atoms with Gasteiger partial charge in [0, 0.05) is 19.2 Å². The Kier molecular flexibility index (Phi) is 16.3. The van der Waals surface area contributed by atoms with Crippen molar-refractivity contribution < 1.29 is 4.74 Å². The van der Waals surface area contributed by atoms with E-state index < -0.39 is 0 Å². The maximum absolute atomic E-state index is 5.80. The lowest BCUT2D eigenvalue weighted by molar-refractivity contribution is 0.338. The van der Waals surface area contributed by atoms with Crippen LogP contribution in [0.2, 0.25) is 0 Å². The largest absolute Gasteiger partial charge is 0.504 e. The van der Waals surface area contributed by atoms with Gasteiger partial charge in [0.25, 0.3) is 0 Å². The van der Waals surface area contributed by atoms with E-state index in [4.69, 9.17) is 10.5 Å². The Morgan fingerprint density at radius 1 is 1.16 bits per heavy atom. The van der Waals surface area contributed by atoms with Crippen LogP contribution >= 0.6 is 15.9 Å². The molecule has 0 aromatic heterocycles. The monoisotopic (exact) mass is 499 g/mol. The van der Waals surface area contributed by atoms with Crippen LogP contribution in [0.1, 0.15) is 34.1 Å². The van der Waals surface area contributed by atoms with Crippen molar-refractivity contribution in [2.75, 3.05) is 14.2 Å². The number of hydrogen-bond acceptors (Lipinski definition) is 2. The first-order chi connectivity index (χ1) is 15.3. The second-order valence-electron chi connectivity index (χ2n) is 6.96. The fourth-order valence-electron chi connectivity index (χ4n) is 2.71. The summed E-state index contributed by atoms with van der Waals surface area (Å²) in [5.74, 6) is 0.527. The van der Waals surface area contributed by atoms with E-state index in [9.17, 15) is 0 Å². The van der Waals surface area contributed by atoms with Crippen LogP contribution in [-0.4, -0.2) is 20.1 Å². The SMILES string of the molecule is C=C\C=C/C(=C/C=C/CC(/C(C)=C/NC(N)=NC)C(/C=C\C)=C/C=C/OC)C(/C)=C(\C)Br. The molecule has 0 amide bonds. The highest BCUT2D eigenvalue weighted by Crippen LogP contribution is 2.26. The summed E-state index contributed by atoms with van der Waals surface area (Å²) >= 11 is 3.57. The third kappa shape index (κ3) is 12.2. The van der Waals surface area contributed by atoms with Crippen molar-refractivity contribution in [2.45, 2.75) is 34.1 Å². The van der Waals surface area contributed by atoms with Gasteiger partial charge in [0.2, 0.25) is 0 Å². The van der Waals surface area contributed by atoms with Crippen molar-refractivity contribution in [3.63, 3.8) is 0 Å². The van der Waals surface area contributed by atoms with Gasteiger partial charge in [0.1, 0.15) is 0 Å². The van der Waals surface area contributed by atoms with Gasteiger partial charge >= 0.3 is 0 Å². The number of allylic oxidation sites excluding steroid dienone is 15. The van der Waals surface area contributed by atoms with Crippen molar-refractivity contribution in [2.24, 2.45) is 16.6 Å². The fourth-order valence-corrected chi connectivity index (χ4v) is 2.94. The zero-order valence-corrected chi connectivity index (χ0v) is 21.8. The summed E-state index contributed by atoms with van der Waals surface area (Å²) in [5, 5.41) is 3.04. The molecule has 32 heavy (non-hydrogen) atoms. The number of hydrogen-bond donors (Lipinski definition) is 2. The molecule has 0 aliphatic rings. The van der Waals surface area contributed by atoms with Crippen molar-refractivity contribution in [3.05, 3.63) is 107 Å². The molecule has 3 N–H and O–H groups in total. The van der Waals surface area contributed by atoms with Gasteiger partial charge < -0.3 is 15.8 Å². The van der Waals surface area contributed by atoms with Gasteiger partial charge in [-0.25, -0.2) is 0 Å². The van der Waals surface area contributed by atoms with E-state index >= 15 is 0 Å². The average molecular weight is 501 g/mol. The smallest absolute Gasteiger partial charge is 0.192 e. The lowest BCUT2D eigenvalue weighted by Crippen LogP contribution is -2.27. The highest BCUT2D eigenvalue weighted by molar-refractivity contribution is 9.11. The minimum atomic E-state index is 0.149. The first-order valence-corrected chi connectivity index (χ1v) is 11.3. The predicted molar refractivity (Wildman–Crippen MR) is 145 cm³/mol. The zero-order valence-electron chi connectivity index (χ0n) is 20.2. The molecule has 0 aromatic rings. The van der Waals surface area contributed by atoms with Crippen LogP contribution in [0.15, 0.2) is 112 Å². The lowest BCUT2D eigenvalue weighted by Gasteiger charge is -2.18.